The molecule has 3 aromatic carbocycles. The Bertz CT molecular complexity index is 1640. The summed E-state index contributed by atoms with van der Waals surface area (Å²) >= 11 is 0. The minimum atomic E-state index is -0.383. The fourth-order valence-corrected chi connectivity index (χ4v) is 6.11. The van der Waals surface area contributed by atoms with E-state index in [1.54, 1.807) is 31.6 Å². The smallest absolute Gasteiger partial charge is 0.253 e. The Morgan fingerprint density at radius 3 is 2.70 bits per heavy atom. The van der Waals surface area contributed by atoms with Crippen molar-refractivity contribution in [3.05, 3.63) is 102 Å². The zero-order valence-corrected chi connectivity index (χ0v) is 26.8. The molecule has 4 aromatic rings. The number of hydrogen-bond donors (Lipinski definition) is 1. The van der Waals surface area contributed by atoms with Crippen molar-refractivity contribution in [3.8, 4) is 22.9 Å². The number of hydrogen-bond acceptors (Lipinski definition) is 8. The maximum Gasteiger partial charge on any atom is 0.253 e. The number of nitrogens with zero attached hydrogens (tertiary/aromatic N) is 4. The minimum absolute atomic E-state index is 0.0802. The van der Waals surface area contributed by atoms with Gasteiger partial charge in [-0.3, -0.25) is 14.5 Å². The highest BCUT2D eigenvalue weighted by Gasteiger charge is 2.34. The Labute approximate surface area is 275 Å². The highest BCUT2D eigenvalue weighted by Crippen LogP contribution is 2.33. The van der Waals surface area contributed by atoms with Gasteiger partial charge in [-0.1, -0.05) is 18.2 Å². The van der Waals surface area contributed by atoms with Gasteiger partial charge in [0.2, 0.25) is 5.91 Å². The average Bonchev–Trinajstić information content (AvgIpc) is 3.63. The fraction of sp³-hybridized carbons (Fsp3) is 0.361. The average molecular weight is 640 g/mol. The molecule has 3 heterocycles. The molecule has 246 valence electrons. The summed E-state index contributed by atoms with van der Waals surface area (Å²) in [7, 11) is 3.29. The molecule has 1 N–H and O–H groups in total. The standard InChI is InChI=1S/C36H41N5O6/c1-44-18-4-15-39-21-26-7-12-33(45-2)34(20-26)47-30-6-3-5-27(19-30)24-46-32-13-16-40(22-31(32)38-35(42)23-39)36(43)28-8-10-29(11-9-28)41-17-14-37-25-41/h3,5-12,14,17,19-20,25,31-32H,4,13,15-16,18,21-24H2,1-2H3,(H,38,42)/t31-,32+/m0/s1. The summed E-state index contributed by atoms with van der Waals surface area (Å²) in [6.45, 7) is 3.14. The van der Waals surface area contributed by atoms with Crippen LogP contribution in [0, 0.1) is 0 Å². The Hall–Kier alpha value is -4.71. The van der Waals surface area contributed by atoms with Crippen molar-refractivity contribution < 1.29 is 28.5 Å². The van der Waals surface area contributed by atoms with Gasteiger partial charge in [-0.25, -0.2) is 4.98 Å². The Morgan fingerprint density at radius 1 is 1.04 bits per heavy atom. The molecule has 6 rings (SSSR count). The first-order valence-corrected chi connectivity index (χ1v) is 15.9. The first-order valence-electron chi connectivity index (χ1n) is 15.9. The van der Waals surface area contributed by atoms with Crippen LogP contribution >= 0.6 is 0 Å². The second-order valence-electron chi connectivity index (χ2n) is 11.9. The number of nitrogens with one attached hydrogen (secondary N) is 1. The lowest BCUT2D eigenvalue weighted by Gasteiger charge is -2.39. The molecule has 0 aliphatic carbocycles. The van der Waals surface area contributed by atoms with Crippen LogP contribution < -0.4 is 14.8 Å². The Morgan fingerprint density at radius 2 is 1.91 bits per heavy atom. The highest BCUT2D eigenvalue weighted by atomic mass is 16.5. The number of likely N-dealkylation sites (tertiary alicyclic amines) is 1. The third kappa shape index (κ3) is 8.18. The second kappa shape index (κ2) is 15.3. The van der Waals surface area contributed by atoms with E-state index in [2.05, 4.69) is 15.2 Å². The molecular formula is C36H41N5O6. The molecule has 11 nitrogen and oxygen atoms in total. The van der Waals surface area contributed by atoms with Crippen molar-refractivity contribution in [1.29, 1.82) is 0 Å². The molecule has 2 amide bonds. The van der Waals surface area contributed by atoms with E-state index in [4.69, 9.17) is 18.9 Å². The van der Waals surface area contributed by atoms with Gasteiger partial charge in [-0.2, -0.15) is 0 Å². The second-order valence-corrected chi connectivity index (χ2v) is 11.9. The quantitative estimate of drug-likeness (QED) is 0.296. The van der Waals surface area contributed by atoms with Crippen molar-refractivity contribution in [2.45, 2.75) is 38.1 Å². The Kier molecular flexibility index (Phi) is 10.5. The van der Waals surface area contributed by atoms with Crippen molar-refractivity contribution in [2.24, 2.45) is 0 Å². The van der Waals surface area contributed by atoms with Gasteiger partial charge in [-0.15, -0.1) is 0 Å². The van der Waals surface area contributed by atoms with Crippen LogP contribution in [-0.2, 0) is 27.4 Å². The molecule has 0 saturated carbocycles. The van der Waals surface area contributed by atoms with E-state index in [0.717, 1.165) is 23.2 Å². The molecule has 1 saturated heterocycles. The van der Waals surface area contributed by atoms with E-state index < -0.39 is 0 Å². The van der Waals surface area contributed by atoms with E-state index in [1.807, 2.05) is 77.5 Å². The van der Waals surface area contributed by atoms with Gasteiger partial charge in [0.05, 0.1) is 38.7 Å². The normalized spacial score (nSPS) is 18.9. The number of amides is 2. The molecule has 2 aliphatic heterocycles. The molecule has 4 bridgehead atoms. The summed E-state index contributed by atoms with van der Waals surface area (Å²) in [5.74, 6) is 1.70. The van der Waals surface area contributed by atoms with Gasteiger partial charge in [0.1, 0.15) is 5.75 Å². The SMILES string of the molecule is COCCCN1CC(=O)N[C@H]2CN(C(=O)c3ccc(-n4ccnc4)cc3)CC[C@H]2OCc2cccc(c2)Oc2cc(ccc2OC)C1. The summed E-state index contributed by atoms with van der Waals surface area (Å²) in [6.07, 6.45) is 6.37. The van der Waals surface area contributed by atoms with Crippen LogP contribution in [0.15, 0.2) is 85.5 Å². The van der Waals surface area contributed by atoms with Crippen LogP contribution in [0.25, 0.3) is 5.69 Å². The van der Waals surface area contributed by atoms with Crippen LogP contribution in [0.1, 0.15) is 34.3 Å². The zero-order chi connectivity index (χ0) is 32.6. The number of aromatic nitrogens is 2. The zero-order valence-electron chi connectivity index (χ0n) is 26.8. The predicted octanol–water partition coefficient (Wildman–Crippen LogP) is 4.44. The third-order valence-corrected chi connectivity index (χ3v) is 8.51. The Balaban J connectivity index is 1.23. The number of benzene rings is 3. The van der Waals surface area contributed by atoms with Gasteiger partial charge < -0.3 is 33.7 Å². The summed E-state index contributed by atoms with van der Waals surface area (Å²) in [5, 5.41) is 3.23. The molecule has 0 unspecified atom stereocenters. The molecule has 1 aromatic heterocycles. The van der Waals surface area contributed by atoms with E-state index in [-0.39, 0.29) is 30.5 Å². The van der Waals surface area contributed by atoms with Crippen molar-refractivity contribution >= 4 is 11.8 Å². The molecule has 1 fully saturated rings. The molecular weight excluding hydrogens is 598 g/mol. The van der Waals surface area contributed by atoms with Crippen LogP contribution in [0.2, 0.25) is 0 Å². The van der Waals surface area contributed by atoms with Crippen molar-refractivity contribution in [2.75, 3.05) is 47.0 Å². The lowest BCUT2D eigenvalue weighted by molar-refractivity contribution is -0.125. The van der Waals surface area contributed by atoms with Crippen LogP contribution in [0.4, 0.5) is 0 Å². The molecule has 2 aliphatic rings. The summed E-state index contributed by atoms with van der Waals surface area (Å²) in [6, 6.07) is 20.7. The van der Waals surface area contributed by atoms with E-state index in [9.17, 15) is 9.59 Å². The van der Waals surface area contributed by atoms with Gasteiger partial charge in [0.25, 0.3) is 5.91 Å². The summed E-state index contributed by atoms with van der Waals surface area (Å²) in [4.78, 5) is 35.3. The lowest BCUT2D eigenvalue weighted by atomic mass is 10.00. The van der Waals surface area contributed by atoms with Crippen LogP contribution in [0.5, 0.6) is 17.2 Å². The first kappa shape index (κ1) is 32.2. The summed E-state index contributed by atoms with van der Waals surface area (Å²) < 4.78 is 25.5. The number of fused-ring (bicyclic) bond motifs is 5. The topological polar surface area (TPSA) is 107 Å². The largest absolute Gasteiger partial charge is 0.493 e. The van der Waals surface area contributed by atoms with Gasteiger partial charge in [-0.05, 0) is 72.5 Å². The number of imidazole rings is 1. The van der Waals surface area contributed by atoms with Crippen molar-refractivity contribution in [3.63, 3.8) is 0 Å². The van der Waals surface area contributed by atoms with E-state index in [1.165, 1.54) is 0 Å². The third-order valence-electron chi connectivity index (χ3n) is 8.51. The molecule has 0 spiro atoms. The lowest BCUT2D eigenvalue weighted by Crippen LogP contribution is -2.58. The predicted molar refractivity (Wildman–Crippen MR) is 176 cm³/mol. The van der Waals surface area contributed by atoms with Gasteiger partial charge in [0.15, 0.2) is 11.5 Å². The van der Waals surface area contributed by atoms with Crippen LogP contribution in [0.3, 0.4) is 0 Å². The maximum absolute atomic E-state index is 13.6. The minimum Gasteiger partial charge on any atom is -0.493 e. The van der Waals surface area contributed by atoms with Crippen molar-refractivity contribution in [1.82, 2.24) is 24.7 Å². The molecule has 2 atom stereocenters. The number of methoxy groups -OCH3 is 2. The highest BCUT2D eigenvalue weighted by molar-refractivity contribution is 5.94. The number of rotatable bonds is 7. The first-order chi connectivity index (χ1) is 23.0. The molecule has 47 heavy (non-hydrogen) atoms. The number of ether oxygens (including phenoxy) is 4. The van der Waals surface area contributed by atoms with E-state index >= 15 is 0 Å². The number of carbonyl (C=O) groups excluding carboxylic acids is 2. The van der Waals surface area contributed by atoms with Gasteiger partial charge in [0, 0.05) is 63.5 Å². The summed E-state index contributed by atoms with van der Waals surface area (Å²) in [5.41, 5.74) is 3.44. The van der Waals surface area contributed by atoms with E-state index in [0.29, 0.717) is 68.6 Å². The number of carbonyl (C=O) groups is 2. The van der Waals surface area contributed by atoms with Gasteiger partial charge >= 0.3 is 0 Å². The maximum atomic E-state index is 13.6. The molecule has 0 radical (unpaired) electrons. The molecule has 11 heteroatoms. The number of piperidine rings is 1. The van der Waals surface area contributed by atoms with Crippen LogP contribution in [-0.4, -0.2) is 90.3 Å². The monoisotopic (exact) mass is 639 g/mol. The fourth-order valence-electron chi connectivity index (χ4n) is 6.11.